The third-order valence-electron chi connectivity index (χ3n) is 4.72. The zero-order chi connectivity index (χ0) is 18.6. The zero-order valence-corrected chi connectivity index (χ0v) is 16.0. The van der Waals surface area contributed by atoms with Crippen molar-refractivity contribution in [1.29, 1.82) is 0 Å². The SMILES string of the molecule is CN=C(NCC1(O)CCSC1)NC1CC(=O)N(c2cccc(OC)c2)C1. The summed E-state index contributed by atoms with van der Waals surface area (Å²) in [5.74, 6) is 3.13. The second kappa shape index (κ2) is 8.18. The van der Waals surface area contributed by atoms with Crippen LogP contribution in [0.5, 0.6) is 5.75 Å². The quantitative estimate of drug-likeness (QED) is 0.520. The summed E-state index contributed by atoms with van der Waals surface area (Å²) >= 11 is 1.76. The third-order valence-corrected chi connectivity index (χ3v) is 5.96. The van der Waals surface area contributed by atoms with Crippen molar-refractivity contribution in [2.75, 3.05) is 43.7 Å². The molecule has 2 aliphatic rings. The van der Waals surface area contributed by atoms with Gasteiger partial charge in [0.25, 0.3) is 0 Å². The number of benzene rings is 1. The molecule has 7 nitrogen and oxygen atoms in total. The zero-order valence-electron chi connectivity index (χ0n) is 15.2. The molecule has 0 aliphatic carbocycles. The maximum Gasteiger partial charge on any atom is 0.229 e. The van der Waals surface area contributed by atoms with Crippen LogP contribution in [-0.4, -0.2) is 67.4 Å². The van der Waals surface area contributed by atoms with Gasteiger partial charge in [-0.25, -0.2) is 0 Å². The van der Waals surface area contributed by atoms with Gasteiger partial charge in [-0.2, -0.15) is 11.8 Å². The predicted octanol–water partition coefficient (Wildman–Crippen LogP) is 0.834. The monoisotopic (exact) mass is 378 g/mol. The van der Waals surface area contributed by atoms with Gasteiger partial charge in [-0.15, -0.1) is 0 Å². The summed E-state index contributed by atoms with van der Waals surface area (Å²) in [6, 6.07) is 7.47. The lowest BCUT2D eigenvalue weighted by Gasteiger charge is -2.24. The van der Waals surface area contributed by atoms with E-state index < -0.39 is 5.60 Å². The maximum atomic E-state index is 12.4. The Morgan fingerprint density at radius 1 is 1.54 bits per heavy atom. The van der Waals surface area contributed by atoms with Gasteiger partial charge < -0.3 is 25.4 Å². The highest BCUT2D eigenvalue weighted by atomic mass is 32.2. The summed E-state index contributed by atoms with van der Waals surface area (Å²) in [4.78, 5) is 18.4. The van der Waals surface area contributed by atoms with Crippen LogP contribution in [0.1, 0.15) is 12.8 Å². The van der Waals surface area contributed by atoms with Crippen molar-refractivity contribution in [3.63, 3.8) is 0 Å². The Morgan fingerprint density at radius 2 is 2.38 bits per heavy atom. The molecule has 2 unspecified atom stereocenters. The fourth-order valence-electron chi connectivity index (χ4n) is 3.20. The smallest absolute Gasteiger partial charge is 0.229 e. The van der Waals surface area contributed by atoms with Gasteiger partial charge in [0.15, 0.2) is 5.96 Å². The Labute approximate surface area is 158 Å². The highest BCUT2D eigenvalue weighted by Crippen LogP contribution is 2.27. The molecule has 0 radical (unpaired) electrons. The largest absolute Gasteiger partial charge is 0.497 e. The molecule has 142 valence electrons. The molecule has 1 aromatic rings. The summed E-state index contributed by atoms with van der Waals surface area (Å²) in [6.45, 7) is 1.02. The minimum absolute atomic E-state index is 0.0347. The van der Waals surface area contributed by atoms with Gasteiger partial charge in [0.2, 0.25) is 5.91 Å². The minimum atomic E-state index is -0.680. The number of hydrogen-bond donors (Lipinski definition) is 3. The second-order valence-electron chi connectivity index (χ2n) is 6.70. The van der Waals surface area contributed by atoms with Crippen molar-refractivity contribution in [3.05, 3.63) is 24.3 Å². The van der Waals surface area contributed by atoms with Crippen molar-refractivity contribution < 1.29 is 14.6 Å². The van der Waals surface area contributed by atoms with Crippen LogP contribution >= 0.6 is 11.8 Å². The molecule has 0 saturated carbocycles. The Morgan fingerprint density at radius 3 is 3.08 bits per heavy atom. The average Bonchev–Trinajstić information content (AvgIpc) is 3.24. The molecule has 0 aromatic heterocycles. The first-order chi connectivity index (χ1) is 12.5. The van der Waals surface area contributed by atoms with Crippen LogP contribution in [-0.2, 0) is 4.79 Å². The van der Waals surface area contributed by atoms with Gasteiger partial charge in [0, 0.05) is 44.1 Å². The van der Waals surface area contributed by atoms with E-state index in [1.807, 2.05) is 24.3 Å². The molecule has 0 spiro atoms. The number of anilines is 1. The van der Waals surface area contributed by atoms with Crippen molar-refractivity contribution in [3.8, 4) is 5.75 Å². The molecule has 3 rings (SSSR count). The molecule has 1 amide bonds. The van der Waals surface area contributed by atoms with Crippen LogP contribution < -0.4 is 20.3 Å². The summed E-state index contributed by atoms with van der Waals surface area (Å²) in [5, 5.41) is 16.9. The topological polar surface area (TPSA) is 86.2 Å². The molecular weight excluding hydrogens is 352 g/mol. The number of amides is 1. The number of carbonyl (C=O) groups excluding carboxylic acids is 1. The van der Waals surface area contributed by atoms with E-state index in [1.54, 1.807) is 30.8 Å². The van der Waals surface area contributed by atoms with Crippen LogP contribution in [0.4, 0.5) is 5.69 Å². The van der Waals surface area contributed by atoms with Gasteiger partial charge in [-0.1, -0.05) is 6.07 Å². The van der Waals surface area contributed by atoms with Gasteiger partial charge in [-0.05, 0) is 24.3 Å². The number of ether oxygens (including phenoxy) is 1. The number of hydrogen-bond acceptors (Lipinski definition) is 5. The predicted molar refractivity (Wildman–Crippen MR) is 105 cm³/mol. The van der Waals surface area contributed by atoms with Gasteiger partial charge in [0.05, 0.1) is 18.8 Å². The molecule has 3 N–H and O–H groups in total. The van der Waals surface area contributed by atoms with E-state index in [-0.39, 0.29) is 11.9 Å². The Hall–Kier alpha value is -1.93. The Bertz CT molecular complexity index is 676. The number of aliphatic imine (C=N–C) groups is 1. The highest BCUT2D eigenvalue weighted by Gasteiger charge is 2.33. The number of nitrogens with one attached hydrogen (secondary N) is 2. The molecule has 2 heterocycles. The number of thioether (sulfide) groups is 1. The van der Waals surface area contributed by atoms with E-state index in [2.05, 4.69) is 15.6 Å². The van der Waals surface area contributed by atoms with E-state index in [0.717, 1.165) is 29.4 Å². The molecule has 2 saturated heterocycles. The minimum Gasteiger partial charge on any atom is -0.497 e. The second-order valence-corrected chi connectivity index (χ2v) is 7.81. The van der Waals surface area contributed by atoms with Gasteiger partial charge in [-0.3, -0.25) is 9.79 Å². The molecule has 2 aliphatic heterocycles. The maximum absolute atomic E-state index is 12.4. The lowest BCUT2D eigenvalue weighted by Crippen LogP contribution is -2.50. The summed E-state index contributed by atoms with van der Waals surface area (Å²) in [5.41, 5.74) is 0.152. The van der Waals surface area contributed by atoms with E-state index >= 15 is 0 Å². The Kier molecular flexibility index (Phi) is 5.93. The van der Waals surface area contributed by atoms with E-state index in [4.69, 9.17) is 4.74 Å². The fourth-order valence-corrected chi connectivity index (χ4v) is 4.50. The lowest BCUT2D eigenvalue weighted by atomic mass is 10.0. The molecule has 26 heavy (non-hydrogen) atoms. The van der Waals surface area contributed by atoms with Gasteiger partial charge in [0.1, 0.15) is 5.75 Å². The first kappa shape index (κ1) is 18.8. The average molecular weight is 378 g/mol. The van der Waals surface area contributed by atoms with E-state index in [9.17, 15) is 9.90 Å². The van der Waals surface area contributed by atoms with Crippen molar-refractivity contribution in [2.45, 2.75) is 24.5 Å². The summed E-state index contributed by atoms with van der Waals surface area (Å²) in [7, 11) is 3.31. The normalized spacial score (nSPS) is 26.3. The van der Waals surface area contributed by atoms with Crippen molar-refractivity contribution in [1.82, 2.24) is 10.6 Å². The Balaban J connectivity index is 1.57. The molecule has 2 fully saturated rings. The number of aliphatic hydroxyl groups is 1. The number of rotatable bonds is 5. The van der Waals surface area contributed by atoms with Crippen LogP contribution in [0.15, 0.2) is 29.3 Å². The van der Waals surface area contributed by atoms with Crippen molar-refractivity contribution in [2.24, 2.45) is 4.99 Å². The number of methoxy groups -OCH3 is 1. The lowest BCUT2D eigenvalue weighted by molar-refractivity contribution is -0.117. The van der Waals surface area contributed by atoms with E-state index in [0.29, 0.717) is 25.5 Å². The van der Waals surface area contributed by atoms with Crippen LogP contribution in [0, 0.1) is 0 Å². The number of guanidine groups is 1. The summed E-state index contributed by atoms with van der Waals surface area (Å²) < 4.78 is 5.24. The first-order valence-electron chi connectivity index (χ1n) is 8.75. The third kappa shape index (κ3) is 4.42. The van der Waals surface area contributed by atoms with Crippen molar-refractivity contribution >= 4 is 29.3 Å². The fraction of sp³-hybridized carbons (Fsp3) is 0.556. The highest BCUT2D eigenvalue weighted by molar-refractivity contribution is 7.99. The van der Waals surface area contributed by atoms with E-state index in [1.165, 1.54) is 0 Å². The number of carbonyl (C=O) groups is 1. The van der Waals surface area contributed by atoms with Crippen LogP contribution in [0.25, 0.3) is 0 Å². The molecule has 8 heteroatoms. The summed E-state index contributed by atoms with van der Waals surface area (Å²) in [6.07, 6.45) is 1.19. The number of nitrogens with zero attached hydrogens (tertiary/aromatic N) is 2. The first-order valence-corrected chi connectivity index (χ1v) is 9.90. The molecular formula is C18H26N4O3S. The van der Waals surface area contributed by atoms with Gasteiger partial charge >= 0.3 is 0 Å². The molecule has 2 atom stereocenters. The molecule has 1 aromatic carbocycles. The van der Waals surface area contributed by atoms with Crippen LogP contribution in [0.2, 0.25) is 0 Å². The molecule has 0 bridgehead atoms. The van der Waals surface area contributed by atoms with Crippen LogP contribution in [0.3, 0.4) is 0 Å². The standard InChI is InChI=1S/C18H26N4O3S/c1-19-17(20-11-18(24)6-7-26-12-18)21-13-8-16(23)22(10-13)14-4-3-5-15(9-14)25-2/h3-5,9,13,24H,6-8,10-12H2,1-2H3,(H2,19,20,21).